The zero-order valence-electron chi connectivity index (χ0n) is 18.8. The molecule has 1 N–H and O–H groups in total. The van der Waals surface area contributed by atoms with Crippen LogP contribution in [0.15, 0.2) is 41.4 Å². The summed E-state index contributed by atoms with van der Waals surface area (Å²) in [5, 5.41) is 3.55. The smallest absolute Gasteiger partial charge is 0.242 e. The van der Waals surface area contributed by atoms with E-state index in [0.717, 1.165) is 16.8 Å². The molecule has 0 aliphatic carbocycles. The van der Waals surface area contributed by atoms with E-state index in [1.54, 1.807) is 30.2 Å². The number of thioether (sulfide) groups is 1. The number of rotatable bonds is 8. The molecule has 8 heteroatoms. The summed E-state index contributed by atoms with van der Waals surface area (Å²) in [6.45, 7) is 6.97. The van der Waals surface area contributed by atoms with Crippen LogP contribution in [0.3, 0.4) is 0 Å². The number of methoxy groups -OCH3 is 1. The van der Waals surface area contributed by atoms with Crippen LogP contribution in [0.5, 0.6) is 0 Å². The number of benzene rings is 2. The summed E-state index contributed by atoms with van der Waals surface area (Å²) >= 11 is 7.48. The van der Waals surface area contributed by atoms with E-state index in [-0.39, 0.29) is 18.2 Å². The zero-order chi connectivity index (χ0) is 23.3. The molecule has 1 fully saturated rings. The summed E-state index contributed by atoms with van der Waals surface area (Å²) in [6.07, 6.45) is 0.748. The van der Waals surface area contributed by atoms with Crippen LogP contribution in [-0.2, 0) is 14.3 Å². The number of carbonyl (C=O) groups excluding carboxylic acids is 2. The highest BCUT2D eigenvalue weighted by molar-refractivity contribution is 8.15. The van der Waals surface area contributed by atoms with Gasteiger partial charge in [0.05, 0.1) is 5.69 Å². The molecule has 170 valence electrons. The predicted octanol–water partition coefficient (Wildman–Crippen LogP) is 5.26. The van der Waals surface area contributed by atoms with Crippen molar-refractivity contribution in [2.24, 2.45) is 4.99 Å². The molecule has 2 aromatic carbocycles. The fraction of sp³-hybridized carbons (Fsp3) is 0.375. The van der Waals surface area contributed by atoms with E-state index in [1.165, 1.54) is 17.3 Å². The summed E-state index contributed by atoms with van der Waals surface area (Å²) in [4.78, 5) is 32.2. The molecule has 0 bridgehead atoms. The molecule has 1 saturated heterocycles. The third-order valence-electron chi connectivity index (χ3n) is 5.38. The Labute approximate surface area is 198 Å². The number of aryl methyl sites for hydroxylation is 2. The number of ether oxygens (including phenoxy) is 1. The molecular formula is C24H28ClN3O3S. The van der Waals surface area contributed by atoms with Crippen LogP contribution in [-0.4, -0.2) is 47.4 Å². The van der Waals surface area contributed by atoms with Crippen molar-refractivity contribution in [2.75, 3.05) is 25.6 Å². The van der Waals surface area contributed by atoms with Gasteiger partial charge in [0.1, 0.15) is 5.25 Å². The predicted molar refractivity (Wildman–Crippen MR) is 132 cm³/mol. The third kappa shape index (κ3) is 5.91. The summed E-state index contributed by atoms with van der Waals surface area (Å²) in [7, 11) is 1.63. The Bertz CT molecular complexity index is 1040. The first kappa shape index (κ1) is 24.3. The number of nitrogens with zero attached hydrogens (tertiary/aromatic N) is 2. The SMILES string of the molecule is COCCCN1C(=O)C(CC(=O)Nc2cccc(Cl)c2C)SC1=Nc1ccc(C)c(C)c1. The van der Waals surface area contributed by atoms with E-state index in [0.29, 0.717) is 35.5 Å². The Morgan fingerprint density at radius 2 is 2.00 bits per heavy atom. The number of anilines is 1. The summed E-state index contributed by atoms with van der Waals surface area (Å²) in [5.74, 6) is -0.336. The molecule has 1 heterocycles. The van der Waals surface area contributed by atoms with Crippen molar-refractivity contribution in [1.82, 2.24) is 4.90 Å². The quantitative estimate of drug-likeness (QED) is 0.530. The molecule has 1 unspecified atom stereocenters. The van der Waals surface area contributed by atoms with Crippen molar-refractivity contribution in [3.8, 4) is 0 Å². The molecule has 1 atom stereocenters. The second kappa shape index (κ2) is 11.0. The van der Waals surface area contributed by atoms with Crippen molar-refractivity contribution in [3.05, 3.63) is 58.1 Å². The molecule has 0 aromatic heterocycles. The monoisotopic (exact) mass is 473 g/mol. The second-order valence-electron chi connectivity index (χ2n) is 7.77. The first-order valence-electron chi connectivity index (χ1n) is 10.5. The number of amidine groups is 1. The lowest BCUT2D eigenvalue weighted by Crippen LogP contribution is -2.34. The van der Waals surface area contributed by atoms with Gasteiger partial charge in [-0.05, 0) is 68.1 Å². The topological polar surface area (TPSA) is 71.0 Å². The van der Waals surface area contributed by atoms with Crippen LogP contribution >= 0.6 is 23.4 Å². The lowest BCUT2D eigenvalue weighted by molar-refractivity contribution is -0.128. The standard InChI is InChI=1S/C24H28ClN3O3S/c1-15-9-10-18(13-16(15)2)26-24-28(11-6-12-31-4)23(30)21(32-24)14-22(29)27-20-8-5-7-19(25)17(20)3/h5,7-10,13,21H,6,11-12,14H2,1-4H3,(H,27,29). The zero-order valence-corrected chi connectivity index (χ0v) is 20.3. The third-order valence-corrected chi connectivity index (χ3v) is 6.96. The molecular weight excluding hydrogens is 446 g/mol. The molecule has 6 nitrogen and oxygen atoms in total. The fourth-order valence-corrected chi connectivity index (χ4v) is 4.67. The Morgan fingerprint density at radius 1 is 1.22 bits per heavy atom. The molecule has 2 amide bonds. The minimum atomic E-state index is -0.526. The summed E-state index contributed by atoms with van der Waals surface area (Å²) in [6, 6.07) is 11.3. The summed E-state index contributed by atoms with van der Waals surface area (Å²) in [5.41, 5.74) is 4.57. The maximum atomic E-state index is 13.1. The van der Waals surface area contributed by atoms with Crippen LogP contribution < -0.4 is 5.32 Å². The van der Waals surface area contributed by atoms with E-state index in [4.69, 9.17) is 21.3 Å². The van der Waals surface area contributed by atoms with E-state index in [2.05, 4.69) is 5.32 Å². The Balaban J connectivity index is 1.77. The molecule has 1 aliphatic heterocycles. The van der Waals surface area contributed by atoms with Gasteiger partial charge in [-0.3, -0.25) is 14.5 Å². The summed E-state index contributed by atoms with van der Waals surface area (Å²) < 4.78 is 5.14. The molecule has 0 saturated carbocycles. The number of hydrogen-bond donors (Lipinski definition) is 1. The number of halogens is 1. The highest BCUT2D eigenvalue weighted by atomic mass is 35.5. The van der Waals surface area contributed by atoms with Gasteiger partial charge in [-0.25, -0.2) is 4.99 Å². The normalized spacial score (nSPS) is 17.3. The van der Waals surface area contributed by atoms with Gasteiger partial charge >= 0.3 is 0 Å². The minimum absolute atomic E-state index is 0.0577. The van der Waals surface area contributed by atoms with Crippen LogP contribution in [0, 0.1) is 20.8 Å². The van der Waals surface area contributed by atoms with Gasteiger partial charge in [0, 0.05) is 37.4 Å². The lowest BCUT2D eigenvalue weighted by Gasteiger charge is -2.16. The van der Waals surface area contributed by atoms with Crippen LogP contribution in [0.2, 0.25) is 5.02 Å². The number of amides is 2. The minimum Gasteiger partial charge on any atom is -0.385 e. The largest absolute Gasteiger partial charge is 0.385 e. The van der Waals surface area contributed by atoms with Crippen molar-refractivity contribution < 1.29 is 14.3 Å². The average molecular weight is 474 g/mol. The first-order valence-corrected chi connectivity index (χ1v) is 11.7. The number of carbonyl (C=O) groups is 2. The lowest BCUT2D eigenvalue weighted by atomic mass is 10.1. The Kier molecular flexibility index (Phi) is 8.34. The maximum Gasteiger partial charge on any atom is 0.242 e. The molecule has 2 aromatic rings. The highest BCUT2D eigenvalue weighted by Gasteiger charge is 2.39. The van der Waals surface area contributed by atoms with Crippen LogP contribution in [0.25, 0.3) is 0 Å². The molecule has 0 radical (unpaired) electrons. The van der Waals surface area contributed by atoms with Gasteiger partial charge in [0.25, 0.3) is 0 Å². The number of nitrogens with one attached hydrogen (secondary N) is 1. The first-order chi connectivity index (χ1) is 15.3. The van der Waals surface area contributed by atoms with Gasteiger partial charge in [-0.2, -0.15) is 0 Å². The van der Waals surface area contributed by atoms with E-state index < -0.39 is 5.25 Å². The van der Waals surface area contributed by atoms with Crippen molar-refractivity contribution in [1.29, 1.82) is 0 Å². The average Bonchev–Trinajstić information content (AvgIpc) is 3.03. The van der Waals surface area contributed by atoms with Crippen molar-refractivity contribution in [3.63, 3.8) is 0 Å². The van der Waals surface area contributed by atoms with Gasteiger partial charge in [0.2, 0.25) is 11.8 Å². The van der Waals surface area contributed by atoms with Crippen LogP contribution in [0.4, 0.5) is 11.4 Å². The highest BCUT2D eigenvalue weighted by Crippen LogP contribution is 2.33. The Morgan fingerprint density at radius 3 is 2.72 bits per heavy atom. The van der Waals surface area contributed by atoms with Gasteiger partial charge in [-0.1, -0.05) is 35.5 Å². The molecule has 1 aliphatic rings. The van der Waals surface area contributed by atoms with E-state index in [1.807, 2.05) is 39.0 Å². The van der Waals surface area contributed by atoms with E-state index >= 15 is 0 Å². The molecule has 3 rings (SSSR count). The number of aliphatic imine (C=N–C) groups is 1. The van der Waals surface area contributed by atoms with E-state index in [9.17, 15) is 9.59 Å². The molecule has 32 heavy (non-hydrogen) atoms. The van der Waals surface area contributed by atoms with Crippen molar-refractivity contribution in [2.45, 2.75) is 38.9 Å². The molecule has 0 spiro atoms. The van der Waals surface area contributed by atoms with Crippen LogP contribution in [0.1, 0.15) is 29.5 Å². The van der Waals surface area contributed by atoms with Crippen molar-refractivity contribution >= 4 is 51.7 Å². The second-order valence-corrected chi connectivity index (χ2v) is 9.35. The maximum absolute atomic E-state index is 13.1. The fourth-order valence-electron chi connectivity index (χ4n) is 3.32. The Hall–Kier alpha value is -2.35. The van der Waals surface area contributed by atoms with Gasteiger partial charge in [-0.15, -0.1) is 0 Å². The van der Waals surface area contributed by atoms with Gasteiger partial charge in [0.15, 0.2) is 5.17 Å². The van der Waals surface area contributed by atoms with Gasteiger partial charge < -0.3 is 10.1 Å². The number of hydrogen-bond acceptors (Lipinski definition) is 5.